The van der Waals surface area contributed by atoms with E-state index in [1.807, 2.05) is 24.3 Å². The first-order valence-electron chi connectivity index (χ1n) is 7.28. The van der Waals surface area contributed by atoms with Crippen LogP contribution in [0.5, 0.6) is 0 Å². The van der Waals surface area contributed by atoms with E-state index in [0.29, 0.717) is 11.6 Å². The van der Waals surface area contributed by atoms with Gasteiger partial charge in [0.05, 0.1) is 10.6 Å². The molecule has 0 heterocycles. The van der Waals surface area contributed by atoms with Gasteiger partial charge in [-0.25, -0.2) is 13.4 Å². The first kappa shape index (κ1) is 17.0. The molecule has 2 aromatic rings. The Bertz CT molecular complexity index is 829. The van der Waals surface area contributed by atoms with Crippen molar-refractivity contribution in [2.45, 2.75) is 18.2 Å². The number of guanidine groups is 1. The van der Waals surface area contributed by atoms with E-state index < -0.39 is 9.84 Å². The van der Waals surface area contributed by atoms with Gasteiger partial charge in [-0.05, 0) is 42.3 Å². The standard InChI is InChI=1S/C17H21N3O2S/c1-4-13-7-5-8-14(11-13)19-17(18)20(2)15-9-6-10-16(12-15)23(3,21)22/h5-12H,4H2,1-3H3,(H2,18,19). The normalized spacial score (nSPS) is 12.2. The maximum Gasteiger partial charge on any atom is 0.200 e. The summed E-state index contributed by atoms with van der Waals surface area (Å²) < 4.78 is 23.3. The summed E-state index contributed by atoms with van der Waals surface area (Å²) in [6, 6.07) is 14.5. The number of hydrogen-bond acceptors (Lipinski definition) is 3. The quantitative estimate of drug-likeness (QED) is 0.690. The molecule has 2 N–H and O–H groups in total. The molecule has 23 heavy (non-hydrogen) atoms. The van der Waals surface area contributed by atoms with Crippen molar-refractivity contribution >= 4 is 27.2 Å². The van der Waals surface area contributed by atoms with E-state index in [2.05, 4.69) is 11.9 Å². The summed E-state index contributed by atoms with van der Waals surface area (Å²) >= 11 is 0. The second kappa shape index (κ2) is 6.83. The average molecular weight is 331 g/mol. The lowest BCUT2D eigenvalue weighted by molar-refractivity contribution is 0.602. The Kier molecular flexibility index (Phi) is 5.05. The summed E-state index contributed by atoms with van der Waals surface area (Å²) in [5.41, 5.74) is 8.68. The van der Waals surface area contributed by atoms with Crippen molar-refractivity contribution in [3.05, 3.63) is 54.1 Å². The molecule has 0 aromatic heterocycles. The van der Waals surface area contributed by atoms with Gasteiger partial charge in [-0.1, -0.05) is 25.1 Å². The minimum atomic E-state index is -3.26. The minimum absolute atomic E-state index is 0.252. The van der Waals surface area contributed by atoms with Gasteiger partial charge in [0.25, 0.3) is 0 Å². The molecule has 0 aliphatic heterocycles. The van der Waals surface area contributed by atoms with Crippen molar-refractivity contribution in [2.24, 2.45) is 10.7 Å². The molecule has 0 radical (unpaired) electrons. The molecule has 5 nitrogen and oxygen atoms in total. The first-order chi connectivity index (χ1) is 10.8. The van der Waals surface area contributed by atoms with Crippen molar-refractivity contribution in [1.29, 1.82) is 0 Å². The zero-order valence-corrected chi connectivity index (χ0v) is 14.3. The summed E-state index contributed by atoms with van der Waals surface area (Å²) in [5, 5.41) is 0. The molecule has 0 bridgehead atoms. The number of aryl methyl sites for hydroxylation is 1. The van der Waals surface area contributed by atoms with E-state index >= 15 is 0 Å². The van der Waals surface area contributed by atoms with Crippen molar-refractivity contribution < 1.29 is 8.42 Å². The van der Waals surface area contributed by atoms with Crippen LogP contribution in [0.4, 0.5) is 11.4 Å². The highest BCUT2D eigenvalue weighted by molar-refractivity contribution is 7.90. The number of nitrogens with two attached hydrogens (primary N) is 1. The maximum atomic E-state index is 11.7. The average Bonchev–Trinajstić information content (AvgIpc) is 2.53. The van der Waals surface area contributed by atoms with E-state index in [1.54, 1.807) is 36.2 Å². The molecule has 2 aromatic carbocycles. The van der Waals surface area contributed by atoms with Crippen LogP contribution in [0.3, 0.4) is 0 Å². The first-order valence-corrected chi connectivity index (χ1v) is 9.17. The van der Waals surface area contributed by atoms with Crippen LogP contribution >= 0.6 is 0 Å². The highest BCUT2D eigenvalue weighted by Crippen LogP contribution is 2.20. The Morgan fingerprint density at radius 1 is 1.17 bits per heavy atom. The summed E-state index contributed by atoms with van der Waals surface area (Å²) in [7, 11) is -1.51. The van der Waals surface area contributed by atoms with Gasteiger partial charge in [0.2, 0.25) is 5.96 Å². The fourth-order valence-electron chi connectivity index (χ4n) is 2.11. The number of anilines is 1. The van der Waals surface area contributed by atoms with E-state index in [-0.39, 0.29) is 4.90 Å². The van der Waals surface area contributed by atoms with Gasteiger partial charge in [-0.3, -0.25) is 0 Å². The Morgan fingerprint density at radius 2 is 1.87 bits per heavy atom. The van der Waals surface area contributed by atoms with E-state index in [4.69, 9.17) is 5.73 Å². The highest BCUT2D eigenvalue weighted by Gasteiger charge is 2.11. The zero-order valence-electron chi connectivity index (χ0n) is 13.5. The summed E-state index contributed by atoms with van der Waals surface area (Å²) in [6.07, 6.45) is 2.11. The topological polar surface area (TPSA) is 75.8 Å². The number of nitrogens with zero attached hydrogens (tertiary/aromatic N) is 2. The molecular formula is C17H21N3O2S. The molecule has 0 saturated heterocycles. The lowest BCUT2D eigenvalue weighted by atomic mass is 10.1. The molecule has 0 fully saturated rings. The zero-order chi connectivity index (χ0) is 17.0. The summed E-state index contributed by atoms with van der Waals surface area (Å²) in [4.78, 5) is 6.32. The predicted molar refractivity (Wildman–Crippen MR) is 95.1 cm³/mol. The third-order valence-electron chi connectivity index (χ3n) is 3.54. The molecule has 2 rings (SSSR count). The van der Waals surface area contributed by atoms with Crippen LogP contribution < -0.4 is 10.6 Å². The van der Waals surface area contributed by atoms with Crippen LogP contribution in [-0.4, -0.2) is 27.7 Å². The number of aliphatic imine (C=N–C) groups is 1. The van der Waals surface area contributed by atoms with E-state index in [1.165, 1.54) is 11.8 Å². The Labute approximate surface area is 137 Å². The number of benzene rings is 2. The van der Waals surface area contributed by atoms with Gasteiger partial charge >= 0.3 is 0 Å². The molecule has 0 saturated carbocycles. The number of sulfone groups is 1. The van der Waals surface area contributed by atoms with Gasteiger partial charge < -0.3 is 10.6 Å². The molecule has 0 aliphatic carbocycles. The van der Waals surface area contributed by atoms with Gasteiger partial charge in [0.1, 0.15) is 0 Å². The van der Waals surface area contributed by atoms with Crippen molar-refractivity contribution in [3.63, 3.8) is 0 Å². The van der Waals surface area contributed by atoms with Crippen LogP contribution in [0.15, 0.2) is 58.4 Å². The molecule has 0 spiro atoms. The molecular weight excluding hydrogens is 310 g/mol. The van der Waals surface area contributed by atoms with Gasteiger partial charge in [0, 0.05) is 19.0 Å². The Hall–Kier alpha value is -2.34. The molecule has 0 unspecified atom stereocenters. The molecule has 122 valence electrons. The second-order valence-electron chi connectivity index (χ2n) is 5.32. The van der Waals surface area contributed by atoms with Crippen LogP contribution in [-0.2, 0) is 16.3 Å². The lowest BCUT2D eigenvalue weighted by Crippen LogP contribution is -2.33. The Morgan fingerprint density at radius 3 is 2.52 bits per heavy atom. The van der Waals surface area contributed by atoms with Crippen LogP contribution in [0.2, 0.25) is 0 Å². The molecule has 6 heteroatoms. The second-order valence-corrected chi connectivity index (χ2v) is 7.34. The maximum absolute atomic E-state index is 11.7. The highest BCUT2D eigenvalue weighted by atomic mass is 32.2. The third kappa shape index (κ3) is 4.32. The summed E-state index contributed by atoms with van der Waals surface area (Å²) in [5.74, 6) is 0.295. The van der Waals surface area contributed by atoms with Crippen molar-refractivity contribution in [2.75, 3.05) is 18.2 Å². The number of hydrogen-bond donors (Lipinski definition) is 1. The fourth-order valence-corrected chi connectivity index (χ4v) is 2.77. The molecule has 0 aliphatic rings. The smallest absolute Gasteiger partial charge is 0.200 e. The SMILES string of the molecule is CCc1cccc(N=C(N)N(C)c2cccc(S(C)(=O)=O)c2)c1. The largest absolute Gasteiger partial charge is 0.369 e. The van der Waals surface area contributed by atoms with Crippen molar-refractivity contribution in [3.8, 4) is 0 Å². The van der Waals surface area contributed by atoms with Crippen LogP contribution in [0.25, 0.3) is 0 Å². The van der Waals surface area contributed by atoms with Crippen LogP contribution in [0, 0.1) is 0 Å². The summed E-state index contributed by atoms with van der Waals surface area (Å²) in [6.45, 7) is 2.08. The lowest BCUT2D eigenvalue weighted by Gasteiger charge is -2.18. The number of rotatable bonds is 4. The monoisotopic (exact) mass is 331 g/mol. The molecule has 0 amide bonds. The van der Waals surface area contributed by atoms with Crippen molar-refractivity contribution in [1.82, 2.24) is 0 Å². The van der Waals surface area contributed by atoms with Crippen LogP contribution in [0.1, 0.15) is 12.5 Å². The minimum Gasteiger partial charge on any atom is -0.369 e. The predicted octanol–water partition coefficient (Wildman–Crippen LogP) is 2.74. The fraction of sp³-hybridized carbons (Fsp3) is 0.235. The van der Waals surface area contributed by atoms with E-state index in [9.17, 15) is 8.42 Å². The van der Waals surface area contributed by atoms with E-state index in [0.717, 1.165) is 12.1 Å². The van der Waals surface area contributed by atoms with Gasteiger partial charge in [-0.15, -0.1) is 0 Å². The Balaban J connectivity index is 2.32. The van der Waals surface area contributed by atoms with Gasteiger partial charge in [0.15, 0.2) is 9.84 Å². The van der Waals surface area contributed by atoms with Gasteiger partial charge in [-0.2, -0.15) is 0 Å². The third-order valence-corrected chi connectivity index (χ3v) is 4.65. The molecule has 0 atom stereocenters.